The van der Waals surface area contributed by atoms with Gasteiger partial charge >= 0.3 is 6.03 Å². The van der Waals surface area contributed by atoms with Crippen LogP contribution in [0.15, 0.2) is 59.2 Å². The van der Waals surface area contributed by atoms with E-state index in [4.69, 9.17) is 4.42 Å². The second-order valence-corrected chi connectivity index (χ2v) is 6.40. The number of aromatic nitrogens is 2. The van der Waals surface area contributed by atoms with E-state index in [1.807, 2.05) is 30.3 Å². The van der Waals surface area contributed by atoms with E-state index < -0.39 is 0 Å². The first-order valence-corrected chi connectivity index (χ1v) is 8.39. The van der Waals surface area contributed by atoms with Crippen molar-refractivity contribution in [3.8, 4) is 11.5 Å². The van der Waals surface area contributed by atoms with Crippen molar-refractivity contribution in [2.45, 2.75) is 24.8 Å². The quantitative estimate of drug-likeness (QED) is 0.759. The van der Waals surface area contributed by atoms with Gasteiger partial charge in [0.05, 0.1) is 11.8 Å². The predicted molar refractivity (Wildman–Crippen MR) is 95.0 cm³/mol. The van der Waals surface area contributed by atoms with E-state index in [1.165, 1.54) is 0 Å². The number of nitrogens with zero attached hydrogens (tertiary/aromatic N) is 2. The molecule has 2 heterocycles. The number of nitrogens with one attached hydrogen (secondary N) is 2. The predicted octanol–water partition coefficient (Wildman–Crippen LogP) is 3.88. The molecular weight excluding hydrogens is 316 g/mol. The van der Waals surface area contributed by atoms with E-state index in [2.05, 4.69) is 27.9 Å². The standard InChI is InChI=1S/C19H20N4O2/c1-23-17(13-15(22-23)16-9-5-12-25-16)20-18(24)21-19(10-6-11-19)14-7-3-2-4-8-14/h2-5,7-9,12-13H,6,10-11H2,1H3,(H2,20,21,24). The molecule has 2 amide bonds. The minimum Gasteiger partial charge on any atom is -0.463 e. The van der Waals surface area contributed by atoms with E-state index >= 15 is 0 Å². The van der Waals surface area contributed by atoms with Crippen LogP contribution in [0.3, 0.4) is 0 Å². The highest BCUT2D eigenvalue weighted by Gasteiger charge is 2.40. The number of hydrogen-bond donors (Lipinski definition) is 2. The Morgan fingerprint density at radius 1 is 1.20 bits per heavy atom. The molecule has 2 aromatic heterocycles. The number of benzene rings is 1. The molecule has 0 aliphatic heterocycles. The average molecular weight is 336 g/mol. The van der Waals surface area contributed by atoms with Gasteiger partial charge in [-0.15, -0.1) is 0 Å². The van der Waals surface area contributed by atoms with Crippen LogP contribution >= 0.6 is 0 Å². The summed E-state index contributed by atoms with van der Waals surface area (Å²) < 4.78 is 6.99. The zero-order chi connectivity index (χ0) is 17.3. The van der Waals surface area contributed by atoms with Crippen LogP contribution < -0.4 is 10.6 Å². The molecule has 128 valence electrons. The Balaban J connectivity index is 1.49. The van der Waals surface area contributed by atoms with Gasteiger partial charge in [-0.2, -0.15) is 5.10 Å². The molecule has 1 fully saturated rings. The molecule has 0 atom stereocenters. The highest BCUT2D eigenvalue weighted by Crippen LogP contribution is 2.41. The van der Waals surface area contributed by atoms with Crippen molar-refractivity contribution in [3.63, 3.8) is 0 Å². The molecule has 0 saturated heterocycles. The zero-order valence-electron chi connectivity index (χ0n) is 14.0. The second kappa shape index (κ2) is 6.12. The van der Waals surface area contributed by atoms with Crippen LogP contribution in [0.1, 0.15) is 24.8 Å². The van der Waals surface area contributed by atoms with Gasteiger partial charge < -0.3 is 9.73 Å². The topological polar surface area (TPSA) is 72.1 Å². The lowest BCUT2D eigenvalue weighted by atomic mass is 9.72. The molecule has 0 radical (unpaired) electrons. The number of anilines is 1. The minimum atomic E-state index is -0.270. The third kappa shape index (κ3) is 2.91. The fraction of sp³-hybridized carbons (Fsp3) is 0.263. The van der Waals surface area contributed by atoms with Crippen molar-refractivity contribution >= 4 is 11.8 Å². The van der Waals surface area contributed by atoms with Gasteiger partial charge in [-0.3, -0.25) is 10.00 Å². The van der Waals surface area contributed by atoms with Gasteiger partial charge in [0.1, 0.15) is 11.5 Å². The van der Waals surface area contributed by atoms with Gasteiger partial charge in [0.2, 0.25) is 0 Å². The van der Waals surface area contributed by atoms with Crippen molar-refractivity contribution in [1.82, 2.24) is 15.1 Å². The van der Waals surface area contributed by atoms with E-state index in [1.54, 1.807) is 24.1 Å². The summed E-state index contributed by atoms with van der Waals surface area (Å²) in [7, 11) is 1.79. The number of rotatable bonds is 4. The molecule has 3 aromatic rings. The first-order chi connectivity index (χ1) is 12.2. The second-order valence-electron chi connectivity index (χ2n) is 6.40. The van der Waals surface area contributed by atoms with Crippen LogP contribution in [0.2, 0.25) is 0 Å². The summed E-state index contributed by atoms with van der Waals surface area (Å²) in [6.45, 7) is 0. The Morgan fingerprint density at radius 2 is 2.00 bits per heavy atom. The van der Waals surface area contributed by atoms with Crippen LogP contribution in [0.25, 0.3) is 11.5 Å². The fourth-order valence-electron chi connectivity index (χ4n) is 3.27. The summed E-state index contributed by atoms with van der Waals surface area (Å²) >= 11 is 0. The Morgan fingerprint density at radius 3 is 2.64 bits per heavy atom. The normalized spacial score (nSPS) is 15.4. The number of aryl methyl sites for hydroxylation is 1. The van der Waals surface area contributed by atoms with E-state index in [-0.39, 0.29) is 11.6 Å². The number of carbonyl (C=O) groups excluding carboxylic acids is 1. The lowest BCUT2D eigenvalue weighted by molar-refractivity contribution is 0.185. The smallest absolute Gasteiger partial charge is 0.321 e. The maximum absolute atomic E-state index is 12.6. The van der Waals surface area contributed by atoms with Crippen LogP contribution in [-0.4, -0.2) is 15.8 Å². The van der Waals surface area contributed by atoms with Gasteiger partial charge in [-0.25, -0.2) is 4.79 Å². The highest BCUT2D eigenvalue weighted by atomic mass is 16.3. The number of hydrogen-bond acceptors (Lipinski definition) is 3. The summed E-state index contributed by atoms with van der Waals surface area (Å²) in [4.78, 5) is 12.6. The lowest BCUT2D eigenvalue weighted by Gasteiger charge is -2.43. The minimum absolute atomic E-state index is 0.224. The van der Waals surface area contributed by atoms with Crippen molar-refractivity contribution in [2.75, 3.05) is 5.32 Å². The lowest BCUT2D eigenvalue weighted by Crippen LogP contribution is -2.52. The number of amides is 2. The maximum atomic E-state index is 12.6. The van der Waals surface area contributed by atoms with E-state index in [0.29, 0.717) is 17.3 Å². The van der Waals surface area contributed by atoms with Gasteiger partial charge in [0, 0.05) is 13.1 Å². The first kappa shape index (κ1) is 15.5. The molecule has 6 nitrogen and oxygen atoms in total. The summed E-state index contributed by atoms with van der Waals surface area (Å²) in [6.07, 6.45) is 4.62. The molecule has 4 rings (SSSR count). The van der Waals surface area contributed by atoms with Crippen molar-refractivity contribution in [1.29, 1.82) is 0 Å². The van der Waals surface area contributed by atoms with Gasteiger partial charge in [-0.05, 0) is 37.0 Å². The number of urea groups is 1. The monoisotopic (exact) mass is 336 g/mol. The zero-order valence-corrected chi connectivity index (χ0v) is 14.0. The average Bonchev–Trinajstić information content (AvgIpc) is 3.22. The molecule has 0 bridgehead atoms. The van der Waals surface area contributed by atoms with Gasteiger partial charge in [0.15, 0.2) is 5.76 Å². The number of carbonyl (C=O) groups is 1. The molecule has 2 N–H and O–H groups in total. The highest BCUT2D eigenvalue weighted by molar-refractivity contribution is 5.89. The molecule has 1 aliphatic carbocycles. The van der Waals surface area contributed by atoms with Crippen LogP contribution in [0.4, 0.5) is 10.6 Å². The van der Waals surface area contributed by atoms with Crippen LogP contribution in [0.5, 0.6) is 0 Å². The largest absolute Gasteiger partial charge is 0.463 e. The molecule has 1 saturated carbocycles. The molecule has 25 heavy (non-hydrogen) atoms. The summed E-state index contributed by atoms with van der Waals surface area (Å²) in [5, 5.41) is 10.4. The van der Waals surface area contributed by atoms with Crippen molar-refractivity contribution in [2.24, 2.45) is 7.05 Å². The Kier molecular flexibility index (Phi) is 3.80. The van der Waals surface area contributed by atoms with Crippen molar-refractivity contribution < 1.29 is 9.21 Å². The molecule has 1 aliphatic rings. The summed E-state index contributed by atoms with van der Waals surface area (Å²) in [6, 6.07) is 15.4. The van der Waals surface area contributed by atoms with Crippen LogP contribution in [0, 0.1) is 0 Å². The molecule has 0 unspecified atom stereocenters. The Labute approximate surface area is 145 Å². The molecule has 6 heteroatoms. The molecule has 1 aromatic carbocycles. The SMILES string of the molecule is Cn1nc(-c2ccco2)cc1NC(=O)NC1(c2ccccc2)CCC1. The third-order valence-corrected chi connectivity index (χ3v) is 4.78. The third-order valence-electron chi connectivity index (χ3n) is 4.78. The Bertz CT molecular complexity index is 864. The van der Waals surface area contributed by atoms with Gasteiger partial charge in [0.25, 0.3) is 0 Å². The molecular formula is C19H20N4O2. The Hall–Kier alpha value is -3.02. The summed E-state index contributed by atoms with van der Waals surface area (Å²) in [5.41, 5.74) is 1.57. The van der Waals surface area contributed by atoms with Gasteiger partial charge in [-0.1, -0.05) is 30.3 Å². The van der Waals surface area contributed by atoms with Crippen LogP contribution in [-0.2, 0) is 12.6 Å². The first-order valence-electron chi connectivity index (χ1n) is 8.39. The van der Waals surface area contributed by atoms with E-state index in [0.717, 1.165) is 24.8 Å². The maximum Gasteiger partial charge on any atom is 0.321 e. The summed E-state index contributed by atoms with van der Waals surface area (Å²) in [5.74, 6) is 1.29. The molecule has 0 spiro atoms. The fourth-order valence-corrected chi connectivity index (χ4v) is 3.27. The number of furan rings is 1. The van der Waals surface area contributed by atoms with E-state index in [9.17, 15) is 4.79 Å². The van der Waals surface area contributed by atoms with Crippen molar-refractivity contribution in [3.05, 3.63) is 60.4 Å².